The van der Waals surface area contributed by atoms with Gasteiger partial charge in [-0.3, -0.25) is 0 Å². The van der Waals surface area contributed by atoms with Gasteiger partial charge in [-0.05, 0) is 49.9 Å². The maximum absolute atomic E-state index is 7.56. The van der Waals surface area contributed by atoms with E-state index >= 15 is 0 Å². The molecule has 4 atom stereocenters. The van der Waals surface area contributed by atoms with Crippen LogP contribution in [0.25, 0.3) is 0 Å². The highest BCUT2D eigenvalue weighted by Crippen LogP contribution is 2.37. The molecule has 0 fully saturated rings. The van der Waals surface area contributed by atoms with Crippen LogP contribution in [0.1, 0.15) is 81.1 Å². The molecule has 9 nitrogen and oxygen atoms in total. The molecule has 0 aromatic carbocycles. The lowest BCUT2D eigenvalue weighted by molar-refractivity contribution is 0.126. The molecule has 0 aliphatic carbocycles. The van der Waals surface area contributed by atoms with E-state index in [1.165, 1.54) is 0 Å². The van der Waals surface area contributed by atoms with Gasteiger partial charge in [-0.2, -0.15) is 0 Å². The fourth-order valence-corrected chi connectivity index (χ4v) is 25.0. The lowest BCUT2D eigenvalue weighted by Crippen LogP contribution is -2.64. The second-order valence-corrected chi connectivity index (χ2v) is 26.6. The number of hydrogen-bond donors (Lipinski definition) is 0. The van der Waals surface area contributed by atoms with Gasteiger partial charge in [0.15, 0.2) is 0 Å². The molecule has 0 spiro atoms. The van der Waals surface area contributed by atoms with E-state index in [9.17, 15) is 0 Å². The Morgan fingerprint density at radius 1 is 0.326 bits per heavy atom. The van der Waals surface area contributed by atoms with Crippen LogP contribution in [-0.2, 0) is 40.1 Å². The van der Waals surface area contributed by atoms with Crippen molar-refractivity contribution in [3.8, 4) is 0 Å². The average Bonchev–Trinajstić information content (AvgIpc) is 3.04. The van der Waals surface area contributed by atoms with E-state index in [4.69, 9.17) is 40.1 Å². The van der Waals surface area contributed by atoms with E-state index in [0.29, 0.717) is 26.4 Å². The van der Waals surface area contributed by atoms with Gasteiger partial charge in [0.1, 0.15) is 0 Å². The minimum atomic E-state index is -2.89. The summed E-state index contributed by atoms with van der Waals surface area (Å²) < 4.78 is 58.8. The van der Waals surface area contributed by atoms with Gasteiger partial charge < -0.3 is 40.1 Å². The van der Waals surface area contributed by atoms with Gasteiger partial charge in [-0.1, -0.05) is 55.4 Å². The summed E-state index contributed by atoms with van der Waals surface area (Å²) in [5.74, 6) is 0. The Labute approximate surface area is 270 Å². The monoisotopic (exact) mass is 686 g/mol. The predicted molar refractivity (Wildman–Crippen MR) is 186 cm³/mol. The summed E-state index contributed by atoms with van der Waals surface area (Å²) in [6.07, 6.45) is 3.95. The molecule has 0 aromatic rings. The standard InChI is InChI=1S/C30H70O9Si4/c1-11-19-33-23-27-40(15-5,31-9)37-42(17-7,29-25-35-21-13-3)39-43(18-8,30-26-36-22-14-4)38-41(16-6,32-10)28-24-34-20-12-2/h11-30H2,1-10H3. The molecule has 0 amide bonds. The van der Waals surface area contributed by atoms with Gasteiger partial charge >= 0.3 is 34.2 Å². The molecule has 0 bridgehead atoms. The molecule has 0 aliphatic rings. The maximum atomic E-state index is 7.56. The van der Waals surface area contributed by atoms with Crippen molar-refractivity contribution >= 4 is 34.2 Å². The summed E-state index contributed by atoms with van der Waals surface area (Å²) in [6, 6.07) is 6.25. The minimum Gasteiger partial charge on any atom is -0.415 e. The lowest BCUT2D eigenvalue weighted by atomic mass is 10.5. The zero-order chi connectivity index (χ0) is 32.5. The normalized spacial score (nSPS) is 17.7. The van der Waals surface area contributed by atoms with Crippen LogP contribution in [-0.4, -0.2) is 101 Å². The van der Waals surface area contributed by atoms with E-state index in [1.807, 2.05) is 0 Å². The predicted octanol–water partition coefficient (Wildman–Crippen LogP) is 7.88. The van der Waals surface area contributed by atoms with Crippen molar-refractivity contribution < 1.29 is 40.1 Å². The van der Waals surface area contributed by atoms with E-state index < -0.39 is 34.2 Å². The second-order valence-electron chi connectivity index (χ2n) is 11.2. The van der Waals surface area contributed by atoms with Crippen LogP contribution in [0, 0.1) is 0 Å². The van der Waals surface area contributed by atoms with Crippen molar-refractivity contribution in [3.05, 3.63) is 0 Å². The van der Waals surface area contributed by atoms with Crippen molar-refractivity contribution in [2.24, 2.45) is 0 Å². The van der Waals surface area contributed by atoms with E-state index in [-0.39, 0.29) is 0 Å². The first kappa shape index (κ1) is 43.5. The molecule has 0 aromatic heterocycles. The minimum absolute atomic E-state index is 0.601. The number of ether oxygens (including phenoxy) is 4. The van der Waals surface area contributed by atoms with Crippen LogP contribution in [0.15, 0.2) is 0 Å². The van der Waals surface area contributed by atoms with Crippen LogP contribution in [0.2, 0.25) is 48.4 Å². The summed E-state index contributed by atoms with van der Waals surface area (Å²) in [7, 11) is -7.43. The molecule has 0 saturated carbocycles. The molecule has 0 heterocycles. The molecule has 260 valence electrons. The molecular weight excluding hydrogens is 617 g/mol. The molecule has 13 heteroatoms. The zero-order valence-electron chi connectivity index (χ0n) is 29.8. The van der Waals surface area contributed by atoms with Crippen molar-refractivity contribution in [3.63, 3.8) is 0 Å². The molecule has 4 unspecified atom stereocenters. The lowest BCUT2D eigenvalue weighted by Gasteiger charge is -2.47. The van der Waals surface area contributed by atoms with Crippen LogP contribution < -0.4 is 0 Å². The summed E-state index contributed by atoms with van der Waals surface area (Å²) in [5, 5.41) is 0. The first-order valence-corrected chi connectivity index (χ1v) is 26.2. The maximum Gasteiger partial charge on any atom is 0.331 e. The first-order chi connectivity index (χ1) is 20.7. The van der Waals surface area contributed by atoms with Gasteiger partial charge in [-0.15, -0.1) is 0 Å². The molecular formula is C30H70O9Si4. The molecule has 0 radical (unpaired) electrons. The largest absolute Gasteiger partial charge is 0.415 e. The fraction of sp³-hybridized carbons (Fsp3) is 1.00. The smallest absolute Gasteiger partial charge is 0.331 e. The second kappa shape index (κ2) is 25.6. The van der Waals surface area contributed by atoms with E-state index in [1.54, 1.807) is 14.2 Å². The van der Waals surface area contributed by atoms with Gasteiger partial charge in [0.2, 0.25) is 0 Å². The summed E-state index contributed by atoms with van der Waals surface area (Å²) in [4.78, 5) is 0. The quantitative estimate of drug-likeness (QED) is 0.0518. The SMILES string of the molecule is CCCOCC[Si](CC)(OC)O[Si](CC)(CCOCCC)O[Si](CC)(CCOCCC)O[Si](CC)(CCOCCC)OC. The van der Waals surface area contributed by atoms with Gasteiger partial charge in [-0.25, -0.2) is 0 Å². The highest BCUT2D eigenvalue weighted by Gasteiger charge is 2.55. The third-order valence-electron chi connectivity index (χ3n) is 7.92. The molecule has 43 heavy (non-hydrogen) atoms. The molecule has 0 rings (SSSR count). The van der Waals surface area contributed by atoms with Gasteiger partial charge in [0.05, 0.1) is 0 Å². The van der Waals surface area contributed by atoms with Crippen molar-refractivity contribution in [2.75, 3.05) is 67.1 Å². The van der Waals surface area contributed by atoms with Gasteiger partial charge in [0, 0.05) is 91.3 Å². The van der Waals surface area contributed by atoms with Gasteiger partial charge in [0.25, 0.3) is 0 Å². The molecule has 0 saturated heterocycles. The summed E-state index contributed by atoms with van der Waals surface area (Å²) in [6.45, 7) is 22.7. The zero-order valence-corrected chi connectivity index (χ0v) is 33.8. The summed E-state index contributed by atoms with van der Waals surface area (Å²) >= 11 is 0. The van der Waals surface area contributed by atoms with E-state index in [0.717, 1.165) is 100 Å². The van der Waals surface area contributed by atoms with Crippen LogP contribution in [0.3, 0.4) is 0 Å². The van der Waals surface area contributed by atoms with Crippen LogP contribution >= 0.6 is 0 Å². The Hall–Kier alpha value is 0.508. The van der Waals surface area contributed by atoms with E-state index in [2.05, 4.69) is 55.4 Å². The van der Waals surface area contributed by atoms with Crippen molar-refractivity contribution in [1.29, 1.82) is 0 Å². The first-order valence-electron chi connectivity index (χ1n) is 17.2. The molecule has 0 aliphatic heterocycles. The number of hydrogen-bond acceptors (Lipinski definition) is 9. The topological polar surface area (TPSA) is 83.1 Å². The highest BCUT2D eigenvalue weighted by molar-refractivity contribution is 6.90. The average molecular weight is 687 g/mol. The Morgan fingerprint density at radius 2 is 0.558 bits per heavy atom. The van der Waals surface area contributed by atoms with Crippen molar-refractivity contribution in [1.82, 2.24) is 0 Å². The summed E-state index contributed by atoms with van der Waals surface area (Å²) in [5.41, 5.74) is 0. The Kier molecular flexibility index (Phi) is 25.9. The Morgan fingerprint density at radius 3 is 0.767 bits per heavy atom. The fourth-order valence-electron chi connectivity index (χ4n) is 4.98. The van der Waals surface area contributed by atoms with Crippen molar-refractivity contribution in [2.45, 2.75) is 129 Å². The molecule has 0 N–H and O–H groups in total. The number of rotatable bonds is 32. The Balaban J connectivity index is 6.60. The van der Waals surface area contributed by atoms with Crippen LogP contribution in [0.4, 0.5) is 0 Å². The van der Waals surface area contributed by atoms with Crippen LogP contribution in [0.5, 0.6) is 0 Å². The Bertz CT molecular complexity index is 593. The highest BCUT2D eigenvalue weighted by atomic mass is 28.5. The third-order valence-corrected chi connectivity index (χ3v) is 26.5. The third kappa shape index (κ3) is 16.8.